The molecule has 2 atom stereocenters. The van der Waals surface area contributed by atoms with Crippen LogP contribution in [0.15, 0.2) is 0 Å². The average Bonchev–Trinajstić information content (AvgIpc) is 2.19. The SMILES string of the molecule is CCN(CC1CCCC(C)(C)C1N)C(C)C. The lowest BCUT2D eigenvalue weighted by atomic mass is 9.68. The van der Waals surface area contributed by atoms with Crippen LogP contribution >= 0.6 is 0 Å². The van der Waals surface area contributed by atoms with E-state index in [1.165, 1.54) is 25.8 Å². The summed E-state index contributed by atoms with van der Waals surface area (Å²) in [5.74, 6) is 0.686. The van der Waals surface area contributed by atoms with Crippen molar-refractivity contribution in [2.75, 3.05) is 13.1 Å². The Morgan fingerprint density at radius 2 is 2.00 bits per heavy atom. The Bertz CT molecular complexity index is 211. The van der Waals surface area contributed by atoms with Crippen LogP contribution in [0.25, 0.3) is 0 Å². The summed E-state index contributed by atoms with van der Waals surface area (Å²) in [6.45, 7) is 13.8. The van der Waals surface area contributed by atoms with Crippen molar-refractivity contribution < 1.29 is 0 Å². The number of nitrogens with zero attached hydrogens (tertiary/aromatic N) is 1. The predicted octanol–water partition coefficient (Wildman–Crippen LogP) is 2.87. The molecule has 0 aromatic rings. The van der Waals surface area contributed by atoms with E-state index in [0.717, 1.165) is 6.54 Å². The van der Waals surface area contributed by atoms with E-state index in [2.05, 4.69) is 39.5 Å². The lowest BCUT2D eigenvalue weighted by Crippen LogP contribution is -2.51. The molecule has 0 bridgehead atoms. The van der Waals surface area contributed by atoms with Gasteiger partial charge in [-0.3, -0.25) is 0 Å². The zero-order valence-corrected chi connectivity index (χ0v) is 11.8. The molecule has 0 aromatic carbocycles. The molecule has 0 radical (unpaired) electrons. The van der Waals surface area contributed by atoms with Crippen LogP contribution in [0.2, 0.25) is 0 Å². The Hall–Kier alpha value is -0.0800. The van der Waals surface area contributed by atoms with E-state index in [4.69, 9.17) is 5.73 Å². The lowest BCUT2D eigenvalue weighted by molar-refractivity contribution is 0.0926. The molecular formula is C14H30N2. The van der Waals surface area contributed by atoms with Crippen molar-refractivity contribution in [3.8, 4) is 0 Å². The van der Waals surface area contributed by atoms with Gasteiger partial charge >= 0.3 is 0 Å². The normalized spacial score (nSPS) is 30.0. The van der Waals surface area contributed by atoms with Crippen molar-refractivity contribution in [1.29, 1.82) is 0 Å². The van der Waals surface area contributed by atoms with Crippen molar-refractivity contribution in [3.05, 3.63) is 0 Å². The molecule has 96 valence electrons. The Kier molecular flexibility index (Phi) is 4.81. The monoisotopic (exact) mass is 226 g/mol. The topological polar surface area (TPSA) is 29.3 Å². The zero-order chi connectivity index (χ0) is 12.3. The zero-order valence-electron chi connectivity index (χ0n) is 11.8. The van der Waals surface area contributed by atoms with E-state index in [1.807, 2.05) is 0 Å². The lowest BCUT2D eigenvalue weighted by Gasteiger charge is -2.44. The van der Waals surface area contributed by atoms with Crippen LogP contribution in [0.3, 0.4) is 0 Å². The molecule has 2 unspecified atom stereocenters. The van der Waals surface area contributed by atoms with Gasteiger partial charge in [-0.2, -0.15) is 0 Å². The number of hydrogen-bond acceptors (Lipinski definition) is 2. The fraction of sp³-hybridized carbons (Fsp3) is 1.00. The summed E-state index contributed by atoms with van der Waals surface area (Å²) >= 11 is 0. The molecule has 16 heavy (non-hydrogen) atoms. The largest absolute Gasteiger partial charge is 0.327 e. The van der Waals surface area contributed by atoms with Gasteiger partial charge in [-0.05, 0) is 44.6 Å². The van der Waals surface area contributed by atoms with Gasteiger partial charge in [0.15, 0.2) is 0 Å². The maximum atomic E-state index is 6.43. The first kappa shape index (κ1) is 14.0. The first-order chi connectivity index (χ1) is 7.38. The molecule has 1 aliphatic carbocycles. The molecule has 0 saturated heterocycles. The van der Waals surface area contributed by atoms with Crippen LogP contribution < -0.4 is 5.73 Å². The highest BCUT2D eigenvalue weighted by molar-refractivity contribution is 4.92. The van der Waals surface area contributed by atoms with Crippen LogP contribution in [0.4, 0.5) is 0 Å². The minimum atomic E-state index is 0.333. The van der Waals surface area contributed by atoms with Crippen molar-refractivity contribution in [2.24, 2.45) is 17.1 Å². The Balaban J connectivity index is 2.59. The molecule has 0 aromatic heterocycles. The third-order valence-electron chi connectivity index (χ3n) is 4.41. The second-order valence-electron chi connectivity index (χ2n) is 6.35. The summed E-state index contributed by atoms with van der Waals surface area (Å²) in [4.78, 5) is 2.55. The van der Waals surface area contributed by atoms with Crippen molar-refractivity contribution in [3.63, 3.8) is 0 Å². The summed E-state index contributed by atoms with van der Waals surface area (Å²) in [6.07, 6.45) is 3.95. The number of nitrogens with two attached hydrogens (primary N) is 1. The van der Waals surface area contributed by atoms with Gasteiger partial charge in [0.25, 0.3) is 0 Å². The Morgan fingerprint density at radius 3 is 2.50 bits per heavy atom. The van der Waals surface area contributed by atoms with E-state index in [9.17, 15) is 0 Å². The smallest absolute Gasteiger partial charge is 0.0131 e. The van der Waals surface area contributed by atoms with Gasteiger partial charge in [0.1, 0.15) is 0 Å². The first-order valence-corrected chi connectivity index (χ1v) is 6.88. The summed E-state index contributed by atoms with van der Waals surface area (Å²) in [5.41, 5.74) is 6.77. The number of rotatable bonds is 4. The second-order valence-corrected chi connectivity index (χ2v) is 6.35. The van der Waals surface area contributed by atoms with Crippen LogP contribution in [-0.4, -0.2) is 30.1 Å². The van der Waals surface area contributed by atoms with Gasteiger partial charge in [0.2, 0.25) is 0 Å². The van der Waals surface area contributed by atoms with Gasteiger partial charge in [-0.25, -0.2) is 0 Å². The van der Waals surface area contributed by atoms with Gasteiger partial charge in [-0.1, -0.05) is 27.2 Å². The van der Waals surface area contributed by atoms with E-state index in [0.29, 0.717) is 23.4 Å². The van der Waals surface area contributed by atoms with Gasteiger partial charge in [0.05, 0.1) is 0 Å². The molecule has 2 heteroatoms. The molecule has 1 saturated carbocycles. The maximum absolute atomic E-state index is 6.43. The van der Waals surface area contributed by atoms with Crippen LogP contribution in [0.1, 0.15) is 53.9 Å². The summed E-state index contributed by atoms with van der Waals surface area (Å²) in [5, 5.41) is 0. The standard InChI is InChI=1S/C14H30N2/c1-6-16(11(2)3)10-12-8-7-9-14(4,5)13(12)15/h11-13H,6-10,15H2,1-5H3. The van der Waals surface area contributed by atoms with E-state index < -0.39 is 0 Å². The van der Waals surface area contributed by atoms with Crippen LogP contribution in [-0.2, 0) is 0 Å². The fourth-order valence-corrected chi connectivity index (χ4v) is 3.02. The molecular weight excluding hydrogens is 196 g/mol. The highest BCUT2D eigenvalue weighted by atomic mass is 15.1. The summed E-state index contributed by atoms with van der Waals surface area (Å²) in [6, 6.07) is 1.01. The molecule has 0 spiro atoms. The quantitative estimate of drug-likeness (QED) is 0.798. The third kappa shape index (κ3) is 3.21. The molecule has 2 N–H and O–H groups in total. The van der Waals surface area contributed by atoms with Gasteiger partial charge in [0, 0.05) is 18.6 Å². The summed E-state index contributed by atoms with van der Waals surface area (Å²) < 4.78 is 0. The highest BCUT2D eigenvalue weighted by Crippen LogP contribution is 2.38. The van der Waals surface area contributed by atoms with Gasteiger partial charge in [-0.15, -0.1) is 0 Å². The average molecular weight is 226 g/mol. The first-order valence-electron chi connectivity index (χ1n) is 6.88. The predicted molar refractivity (Wildman–Crippen MR) is 71.5 cm³/mol. The third-order valence-corrected chi connectivity index (χ3v) is 4.41. The summed E-state index contributed by atoms with van der Waals surface area (Å²) in [7, 11) is 0. The molecule has 0 amide bonds. The molecule has 0 aliphatic heterocycles. The minimum Gasteiger partial charge on any atom is -0.327 e. The maximum Gasteiger partial charge on any atom is 0.0131 e. The van der Waals surface area contributed by atoms with Crippen LogP contribution in [0, 0.1) is 11.3 Å². The molecule has 1 fully saturated rings. The second kappa shape index (κ2) is 5.50. The molecule has 2 nitrogen and oxygen atoms in total. The van der Waals surface area contributed by atoms with Crippen molar-refractivity contribution >= 4 is 0 Å². The molecule has 1 aliphatic rings. The number of hydrogen-bond donors (Lipinski definition) is 1. The van der Waals surface area contributed by atoms with E-state index >= 15 is 0 Å². The van der Waals surface area contributed by atoms with E-state index in [-0.39, 0.29) is 0 Å². The Morgan fingerprint density at radius 1 is 1.38 bits per heavy atom. The van der Waals surface area contributed by atoms with E-state index in [1.54, 1.807) is 0 Å². The highest BCUT2D eigenvalue weighted by Gasteiger charge is 2.36. The minimum absolute atomic E-state index is 0.333. The van der Waals surface area contributed by atoms with Gasteiger partial charge < -0.3 is 10.6 Å². The fourth-order valence-electron chi connectivity index (χ4n) is 3.02. The van der Waals surface area contributed by atoms with Crippen LogP contribution in [0.5, 0.6) is 0 Å². The van der Waals surface area contributed by atoms with Crippen molar-refractivity contribution in [2.45, 2.75) is 66.0 Å². The Labute approximate surface area is 102 Å². The molecule has 0 heterocycles. The van der Waals surface area contributed by atoms with Crippen molar-refractivity contribution in [1.82, 2.24) is 4.90 Å². The molecule has 1 rings (SSSR count).